The predicted octanol–water partition coefficient (Wildman–Crippen LogP) is 7.36. The molecule has 5 nitrogen and oxygen atoms in total. The van der Waals surface area contributed by atoms with Gasteiger partial charge in [0.25, 0.3) is 0 Å². The summed E-state index contributed by atoms with van der Waals surface area (Å²) < 4.78 is 117. The molecular formula is C27H22F7NO4S. The van der Waals surface area contributed by atoms with Gasteiger partial charge >= 0.3 is 18.4 Å². The van der Waals surface area contributed by atoms with E-state index >= 15 is 0 Å². The van der Waals surface area contributed by atoms with E-state index in [1.54, 1.807) is 6.07 Å². The van der Waals surface area contributed by atoms with E-state index in [1.165, 1.54) is 38.5 Å². The molecule has 3 aromatic carbocycles. The SMILES string of the molecule is COc1ccc([S+](C)[O-])cc1-c1ccc(C(F)(F)F)cc1CN1C(=O)O[C@H](c2cc(F)cc(C(F)(F)F)c2)[C@@H]1C. The molecule has 40 heavy (non-hydrogen) atoms. The van der Waals surface area contributed by atoms with Gasteiger partial charge in [-0.2, -0.15) is 26.3 Å². The molecule has 4 rings (SSSR count). The molecule has 1 aliphatic heterocycles. The molecule has 0 N–H and O–H groups in total. The second kappa shape index (κ2) is 10.8. The Bertz CT molecular complexity index is 1420. The van der Waals surface area contributed by atoms with Crippen LogP contribution in [0, 0.1) is 5.82 Å². The van der Waals surface area contributed by atoms with E-state index in [0.717, 1.165) is 23.1 Å². The summed E-state index contributed by atoms with van der Waals surface area (Å²) in [6, 6.07) is 8.26. The van der Waals surface area contributed by atoms with Crippen LogP contribution in [-0.2, 0) is 34.8 Å². The van der Waals surface area contributed by atoms with E-state index in [4.69, 9.17) is 9.47 Å². The summed E-state index contributed by atoms with van der Waals surface area (Å²) in [4.78, 5) is 14.3. The molecule has 1 saturated heterocycles. The van der Waals surface area contributed by atoms with Gasteiger partial charge in [0.05, 0.1) is 30.8 Å². The average Bonchev–Trinajstić information content (AvgIpc) is 3.15. The first-order valence-electron chi connectivity index (χ1n) is 11.7. The summed E-state index contributed by atoms with van der Waals surface area (Å²) >= 11 is -1.43. The van der Waals surface area contributed by atoms with Crippen molar-refractivity contribution in [2.75, 3.05) is 13.4 Å². The molecule has 0 bridgehead atoms. The fourth-order valence-electron chi connectivity index (χ4n) is 4.52. The maximum atomic E-state index is 14.0. The number of alkyl halides is 6. The van der Waals surface area contributed by atoms with Crippen molar-refractivity contribution in [2.24, 2.45) is 0 Å². The molecule has 1 fully saturated rings. The smallest absolute Gasteiger partial charge is 0.416 e. The minimum absolute atomic E-state index is 0.0202. The maximum Gasteiger partial charge on any atom is 0.416 e. The minimum atomic E-state index is -4.86. The summed E-state index contributed by atoms with van der Waals surface area (Å²) in [6.45, 7) is 1.00. The Labute approximate surface area is 227 Å². The fraction of sp³-hybridized carbons (Fsp3) is 0.296. The average molecular weight is 590 g/mol. The molecule has 0 spiro atoms. The summed E-state index contributed by atoms with van der Waals surface area (Å²) in [5.74, 6) is -0.920. The van der Waals surface area contributed by atoms with Gasteiger partial charge in [-0.15, -0.1) is 0 Å². The largest absolute Gasteiger partial charge is 0.612 e. The molecule has 1 unspecified atom stereocenters. The maximum absolute atomic E-state index is 14.0. The Balaban J connectivity index is 1.77. The van der Waals surface area contributed by atoms with Crippen LogP contribution in [-0.4, -0.2) is 35.0 Å². The van der Waals surface area contributed by atoms with Gasteiger partial charge in [0, 0.05) is 11.6 Å². The van der Waals surface area contributed by atoms with Crippen LogP contribution in [0.5, 0.6) is 5.75 Å². The molecule has 214 valence electrons. The van der Waals surface area contributed by atoms with E-state index in [0.29, 0.717) is 22.6 Å². The number of cyclic esters (lactones) is 1. The summed E-state index contributed by atoms with van der Waals surface area (Å²) in [5.41, 5.74) is -1.95. The highest BCUT2D eigenvalue weighted by atomic mass is 32.2. The standard InChI is InChI=1S/C27H22F7NO4S/c1-14-24(15-8-18(27(32,33)34)11-19(28)10-15)39-25(36)35(14)13-16-9-17(26(29,30)31)4-6-21(16)22-12-20(40(3)37)5-7-23(22)38-2/h4-12,14,24H,13H2,1-3H3/t14-,24-,40?/m0/s1. The van der Waals surface area contributed by atoms with E-state index in [9.17, 15) is 40.1 Å². The summed E-state index contributed by atoms with van der Waals surface area (Å²) in [6.07, 6.45) is -10.5. The molecular weight excluding hydrogens is 567 g/mol. The predicted molar refractivity (Wildman–Crippen MR) is 131 cm³/mol. The van der Waals surface area contributed by atoms with Crippen LogP contribution < -0.4 is 4.74 Å². The van der Waals surface area contributed by atoms with Crippen molar-refractivity contribution >= 4 is 17.3 Å². The first-order valence-corrected chi connectivity index (χ1v) is 13.2. The second-order valence-corrected chi connectivity index (χ2v) is 10.5. The van der Waals surface area contributed by atoms with Gasteiger partial charge in [-0.25, -0.2) is 9.18 Å². The fourth-order valence-corrected chi connectivity index (χ4v) is 5.07. The zero-order chi connectivity index (χ0) is 29.6. The number of carbonyl (C=O) groups is 1. The van der Waals surface area contributed by atoms with Crippen LogP contribution in [0.1, 0.15) is 35.3 Å². The van der Waals surface area contributed by atoms with Gasteiger partial charge in [0.15, 0.2) is 4.90 Å². The molecule has 1 amide bonds. The van der Waals surface area contributed by atoms with Gasteiger partial charge < -0.3 is 14.0 Å². The third-order valence-electron chi connectivity index (χ3n) is 6.53. The number of methoxy groups -OCH3 is 1. The Hall–Kier alpha value is -3.45. The van der Waals surface area contributed by atoms with E-state index in [1.807, 2.05) is 0 Å². The molecule has 0 aromatic heterocycles. The molecule has 0 saturated carbocycles. The number of nitrogens with zero attached hydrogens (tertiary/aromatic N) is 1. The number of ether oxygens (including phenoxy) is 2. The number of halogens is 7. The number of carbonyl (C=O) groups excluding carboxylic acids is 1. The van der Waals surface area contributed by atoms with Gasteiger partial charge in [-0.3, -0.25) is 4.90 Å². The molecule has 1 aliphatic rings. The van der Waals surface area contributed by atoms with Crippen molar-refractivity contribution in [3.05, 3.63) is 82.7 Å². The van der Waals surface area contributed by atoms with Crippen LogP contribution in [0.25, 0.3) is 11.1 Å². The number of hydrogen-bond donors (Lipinski definition) is 0. The van der Waals surface area contributed by atoms with Gasteiger partial charge in [0.2, 0.25) is 0 Å². The Morgan fingerprint density at radius 2 is 1.62 bits per heavy atom. The van der Waals surface area contributed by atoms with Crippen molar-refractivity contribution in [1.29, 1.82) is 0 Å². The minimum Gasteiger partial charge on any atom is -0.612 e. The number of amides is 1. The number of rotatable bonds is 6. The van der Waals surface area contributed by atoms with Crippen LogP contribution in [0.2, 0.25) is 0 Å². The molecule has 13 heteroatoms. The molecule has 1 heterocycles. The van der Waals surface area contributed by atoms with E-state index in [2.05, 4.69) is 0 Å². The normalized spacial score (nSPS) is 18.6. The van der Waals surface area contributed by atoms with Crippen molar-refractivity contribution in [3.8, 4) is 16.9 Å². The monoisotopic (exact) mass is 589 g/mol. The quantitative estimate of drug-likeness (QED) is 0.223. The zero-order valence-electron chi connectivity index (χ0n) is 21.2. The Morgan fingerprint density at radius 1 is 0.950 bits per heavy atom. The van der Waals surface area contributed by atoms with Gasteiger partial charge in [-0.05, 0) is 77.3 Å². The van der Waals surface area contributed by atoms with E-state index in [-0.39, 0.29) is 22.4 Å². The lowest BCUT2D eigenvalue weighted by molar-refractivity contribution is -0.138. The van der Waals surface area contributed by atoms with Crippen LogP contribution in [0.4, 0.5) is 35.5 Å². The first kappa shape index (κ1) is 29.5. The topological polar surface area (TPSA) is 61.8 Å². The Morgan fingerprint density at radius 3 is 2.23 bits per heavy atom. The van der Waals surface area contributed by atoms with E-state index < -0.39 is 65.3 Å². The Kier molecular flexibility index (Phi) is 8.01. The summed E-state index contributed by atoms with van der Waals surface area (Å²) in [7, 11) is 1.35. The van der Waals surface area contributed by atoms with Crippen molar-refractivity contribution in [1.82, 2.24) is 4.90 Å². The van der Waals surface area contributed by atoms with Crippen LogP contribution in [0.15, 0.2) is 59.5 Å². The molecule has 3 aromatic rings. The van der Waals surface area contributed by atoms with Crippen molar-refractivity contribution in [2.45, 2.75) is 42.9 Å². The third kappa shape index (κ3) is 5.99. The van der Waals surface area contributed by atoms with Crippen molar-refractivity contribution < 1.29 is 49.6 Å². The highest BCUT2D eigenvalue weighted by Gasteiger charge is 2.42. The third-order valence-corrected chi connectivity index (χ3v) is 7.45. The molecule has 3 atom stereocenters. The summed E-state index contributed by atoms with van der Waals surface area (Å²) in [5, 5.41) is 0. The lowest BCUT2D eigenvalue weighted by Crippen LogP contribution is -2.31. The van der Waals surface area contributed by atoms with Gasteiger partial charge in [0.1, 0.15) is 23.9 Å². The number of hydrogen-bond acceptors (Lipinski definition) is 4. The second-order valence-electron chi connectivity index (χ2n) is 9.13. The molecule has 0 aliphatic carbocycles. The van der Waals surface area contributed by atoms with Crippen LogP contribution in [0.3, 0.4) is 0 Å². The molecule has 0 radical (unpaired) electrons. The lowest BCUT2D eigenvalue weighted by Gasteiger charge is -2.24. The highest BCUT2D eigenvalue weighted by molar-refractivity contribution is 7.90. The van der Waals surface area contributed by atoms with Crippen LogP contribution >= 0.6 is 0 Å². The first-order chi connectivity index (χ1) is 18.6. The number of benzene rings is 3. The zero-order valence-corrected chi connectivity index (χ0v) is 22.0. The lowest BCUT2D eigenvalue weighted by atomic mass is 9.95. The van der Waals surface area contributed by atoms with Gasteiger partial charge in [-0.1, -0.05) is 6.07 Å². The highest BCUT2D eigenvalue weighted by Crippen LogP contribution is 2.41. The van der Waals surface area contributed by atoms with Crippen molar-refractivity contribution in [3.63, 3.8) is 0 Å².